The number of halogens is 1. The summed E-state index contributed by atoms with van der Waals surface area (Å²) in [6.07, 6.45) is 6.81. The molecule has 0 amide bonds. The Bertz CT molecular complexity index is 383. The molecule has 1 aliphatic rings. The van der Waals surface area contributed by atoms with E-state index in [9.17, 15) is 5.11 Å². The molecule has 18 heavy (non-hydrogen) atoms. The highest BCUT2D eigenvalue weighted by Gasteiger charge is 2.41. The smallest absolute Gasteiger partial charge is 0.0992 e. The molecule has 2 nitrogen and oxygen atoms in total. The summed E-state index contributed by atoms with van der Waals surface area (Å²) >= 11 is 5.21. The summed E-state index contributed by atoms with van der Waals surface area (Å²) in [4.78, 5) is 2.24. The number of hydrogen-bond donors (Lipinski definition) is 1. The molecule has 0 saturated heterocycles. The highest BCUT2D eigenvalue weighted by molar-refractivity contribution is 9.10. The van der Waals surface area contributed by atoms with Crippen LogP contribution in [-0.2, 0) is 0 Å². The predicted molar refractivity (Wildman–Crippen MR) is 81.1 cm³/mol. The summed E-state index contributed by atoms with van der Waals surface area (Å²) in [7, 11) is 4.21. The van der Waals surface area contributed by atoms with Gasteiger partial charge < -0.3 is 10.0 Å². The van der Waals surface area contributed by atoms with Gasteiger partial charge in [0.1, 0.15) is 0 Å². The Hall–Kier alpha value is 0.100. The number of aliphatic hydroxyl groups excluding tert-OH is 1. The zero-order chi connectivity index (χ0) is 13.2. The maximum atomic E-state index is 10.9. The minimum Gasteiger partial charge on any atom is -0.386 e. The van der Waals surface area contributed by atoms with Crippen LogP contribution in [0.5, 0.6) is 0 Å². The molecule has 1 saturated carbocycles. The van der Waals surface area contributed by atoms with Crippen molar-refractivity contribution in [2.45, 2.75) is 50.2 Å². The molecule has 0 aliphatic heterocycles. The van der Waals surface area contributed by atoms with Gasteiger partial charge in [-0.1, -0.05) is 25.7 Å². The van der Waals surface area contributed by atoms with E-state index in [-0.39, 0.29) is 5.54 Å². The molecule has 1 heterocycles. The van der Waals surface area contributed by atoms with Crippen LogP contribution in [0.2, 0.25) is 0 Å². The van der Waals surface area contributed by atoms with Gasteiger partial charge in [-0.15, -0.1) is 0 Å². The average molecular weight is 332 g/mol. The van der Waals surface area contributed by atoms with Gasteiger partial charge in [-0.25, -0.2) is 0 Å². The summed E-state index contributed by atoms with van der Waals surface area (Å²) < 4.78 is 1.05. The van der Waals surface area contributed by atoms with Gasteiger partial charge in [-0.2, -0.15) is 11.3 Å². The highest BCUT2D eigenvalue weighted by Crippen LogP contribution is 2.43. The first-order valence-electron chi connectivity index (χ1n) is 6.65. The Morgan fingerprint density at radius 2 is 1.83 bits per heavy atom. The fourth-order valence-corrected chi connectivity index (χ4v) is 4.61. The van der Waals surface area contributed by atoms with Crippen LogP contribution in [0.3, 0.4) is 0 Å². The number of nitrogens with zero attached hydrogens (tertiary/aromatic N) is 1. The van der Waals surface area contributed by atoms with Crippen molar-refractivity contribution < 1.29 is 5.11 Å². The zero-order valence-electron chi connectivity index (χ0n) is 11.2. The van der Waals surface area contributed by atoms with Crippen molar-refractivity contribution in [3.05, 3.63) is 20.8 Å². The first kappa shape index (κ1) is 14.5. The monoisotopic (exact) mass is 331 g/mol. The maximum Gasteiger partial charge on any atom is 0.0992 e. The molecule has 1 atom stereocenters. The Morgan fingerprint density at radius 3 is 2.28 bits per heavy atom. The lowest BCUT2D eigenvalue weighted by Crippen LogP contribution is -2.49. The van der Waals surface area contributed by atoms with E-state index in [0.29, 0.717) is 0 Å². The molecule has 1 N–H and O–H groups in total. The van der Waals surface area contributed by atoms with E-state index in [4.69, 9.17) is 0 Å². The molecule has 4 heteroatoms. The van der Waals surface area contributed by atoms with Crippen molar-refractivity contribution in [2.75, 3.05) is 14.1 Å². The molecule has 102 valence electrons. The van der Waals surface area contributed by atoms with E-state index >= 15 is 0 Å². The van der Waals surface area contributed by atoms with Gasteiger partial charge in [0.2, 0.25) is 0 Å². The van der Waals surface area contributed by atoms with Crippen molar-refractivity contribution in [3.8, 4) is 0 Å². The minimum atomic E-state index is -0.397. The van der Waals surface area contributed by atoms with Crippen LogP contribution in [0.4, 0.5) is 0 Å². The Morgan fingerprint density at radius 1 is 1.22 bits per heavy atom. The average Bonchev–Trinajstić information content (AvgIpc) is 2.63. The van der Waals surface area contributed by atoms with Gasteiger partial charge in [0, 0.05) is 15.4 Å². The lowest BCUT2D eigenvalue weighted by molar-refractivity contribution is -0.0200. The van der Waals surface area contributed by atoms with Crippen molar-refractivity contribution in [1.82, 2.24) is 4.90 Å². The number of likely N-dealkylation sites (N-methyl/N-ethyl adjacent to an activating group) is 1. The maximum absolute atomic E-state index is 10.9. The largest absolute Gasteiger partial charge is 0.386 e. The standard InChI is InChI=1S/C14H22BrNOS/c1-16(2)14(7-5-3-4-6-8-14)13(17)11-9-18-10-12(11)15/h9-10,13,17H,3-8H2,1-2H3. The zero-order valence-corrected chi connectivity index (χ0v) is 13.6. The van der Waals surface area contributed by atoms with Crippen LogP contribution < -0.4 is 0 Å². The van der Waals surface area contributed by atoms with Crippen molar-refractivity contribution >= 4 is 27.3 Å². The summed E-state index contributed by atoms with van der Waals surface area (Å²) in [5.41, 5.74) is 0.954. The van der Waals surface area contributed by atoms with Crippen LogP contribution >= 0.6 is 27.3 Å². The fourth-order valence-electron chi connectivity index (χ4n) is 3.08. The summed E-state index contributed by atoms with van der Waals surface area (Å²) in [6, 6.07) is 0. The van der Waals surface area contributed by atoms with Crippen molar-refractivity contribution in [3.63, 3.8) is 0 Å². The molecule has 1 unspecified atom stereocenters. The lowest BCUT2D eigenvalue weighted by Gasteiger charge is -2.43. The van der Waals surface area contributed by atoms with E-state index in [1.807, 2.05) is 0 Å². The third kappa shape index (κ3) is 2.67. The predicted octanol–water partition coefficient (Wildman–Crippen LogP) is 4.20. The normalized spacial score (nSPS) is 21.8. The summed E-state index contributed by atoms with van der Waals surface area (Å²) in [5, 5.41) is 15.0. The molecule has 0 spiro atoms. The van der Waals surface area contributed by atoms with Gasteiger partial charge in [0.25, 0.3) is 0 Å². The molecule has 1 aliphatic carbocycles. The number of hydrogen-bond acceptors (Lipinski definition) is 3. The number of thiophene rings is 1. The van der Waals surface area contributed by atoms with Gasteiger partial charge >= 0.3 is 0 Å². The SMILES string of the molecule is CN(C)C1(C(O)c2cscc2Br)CCCCCC1. The molecular weight excluding hydrogens is 310 g/mol. The second-order valence-corrected chi connectivity index (χ2v) is 7.09. The minimum absolute atomic E-state index is 0.0971. The van der Waals surface area contributed by atoms with Gasteiger partial charge in [0.05, 0.1) is 11.6 Å². The van der Waals surface area contributed by atoms with Crippen molar-refractivity contribution in [1.29, 1.82) is 0 Å². The van der Waals surface area contributed by atoms with E-state index in [1.165, 1.54) is 25.7 Å². The Kier molecular flexibility index (Phi) is 4.86. The lowest BCUT2D eigenvalue weighted by atomic mass is 9.80. The number of aliphatic hydroxyl groups is 1. The highest BCUT2D eigenvalue weighted by atomic mass is 79.9. The fraction of sp³-hybridized carbons (Fsp3) is 0.714. The molecular formula is C14H22BrNOS. The Balaban J connectivity index is 2.31. The van der Waals surface area contributed by atoms with Gasteiger partial charge in [-0.05, 0) is 48.2 Å². The summed E-state index contributed by atoms with van der Waals surface area (Å²) in [6.45, 7) is 0. The second kappa shape index (κ2) is 6.04. The van der Waals surface area contributed by atoms with Crippen LogP contribution in [0.15, 0.2) is 15.2 Å². The van der Waals surface area contributed by atoms with E-state index in [2.05, 4.69) is 45.7 Å². The molecule has 1 fully saturated rings. The van der Waals surface area contributed by atoms with Crippen LogP contribution in [0, 0.1) is 0 Å². The van der Waals surface area contributed by atoms with E-state index in [0.717, 1.165) is 22.9 Å². The third-order valence-electron chi connectivity index (χ3n) is 4.31. The second-order valence-electron chi connectivity index (χ2n) is 5.49. The van der Waals surface area contributed by atoms with Crippen LogP contribution in [0.1, 0.15) is 50.2 Å². The van der Waals surface area contributed by atoms with Gasteiger partial charge in [-0.3, -0.25) is 0 Å². The molecule has 2 rings (SSSR count). The van der Waals surface area contributed by atoms with Crippen molar-refractivity contribution in [2.24, 2.45) is 0 Å². The third-order valence-corrected chi connectivity index (χ3v) is 6.06. The quantitative estimate of drug-likeness (QED) is 0.839. The topological polar surface area (TPSA) is 23.5 Å². The number of rotatable bonds is 3. The molecule has 0 radical (unpaired) electrons. The molecule has 1 aromatic rings. The van der Waals surface area contributed by atoms with Gasteiger partial charge in [0.15, 0.2) is 0 Å². The van der Waals surface area contributed by atoms with E-state index in [1.54, 1.807) is 11.3 Å². The first-order valence-corrected chi connectivity index (χ1v) is 8.38. The van der Waals surface area contributed by atoms with E-state index < -0.39 is 6.10 Å². The van der Waals surface area contributed by atoms with Crippen LogP contribution in [-0.4, -0.2) is 29.6 Å². The first-order chi connectivity index (χ1) is 8.58. The molecule has 0 aromatic carbocycles. The molecule has 1 aromatic heterocycles. The Labute approximate surface area is 122 Å². The van der Waals surface area contributed by atoms with Crippen LogP contribution in [0.25, 0.3) is 0 Å². The summed E-state index contributed by atoms with van der Waals surface area (Å²) in [5.74, 6) is 0. The molecule has 0 bridgehead atoms.